The van der Waals surface area contributed by atoms with Gasteiger partial charge in [0.1, 0.15) is 6.33 Å². The molecule has 2 heterocycles. The number of nitrogens with zero attached hydrogens (tertiary/aromatic N) is 2. The molecular formula is C10H10N2O. The second-order valence-corrected chi connectivity index (χ2v) is 3.10. The molecule has 0 aliphatic rings. The van der Waals surface area contributed by atoms with Crippen molar-refractivity contribution in [3.05, 3.63) is 46.1 Å². The van der Waals surface area contributed by atoms with Gasteiger partial charge in [-0.2, -0.15) is 4.98 Å². The maximum absolute atomic E-state index is 11.2. The van der Waals surface area contributed by atoms with Gasteiger partial charge < -0.3 is 4.40 Å². The van der Waals surface area contributed by atoms with E-state index in [1.165, 1.54) is 0 Å². The zero-order valence-electron chi connectivity index (χ0n) is 7.61. The average Bonchev–Trinajstić information content (AvgIpc) is 2.12. The summed E-state index contributed by atoms with van der Waals surface area (Å²) in [6, 6.07) is 5.85. The fraction of sp³-hybridized carbons (Fsp3) is 0.200. The molecule has 0 radical (unpaired) electrons. The van der Waals surface area contributed by atoms with E-state index in [-0.39, 0.29) is 5.56 Å². The topological polar surface area (TPSA) is 34.4 Å². The van der Waals surface area contributed by atoms with Crippen LogP contribution in [0, 0.1) is 13.8 Å². The van der Waals surface area contributed by atoms with E-state index in [0.717, 1.165) is 11.2 Å². The summed E-state index contributed by atoms with van der Waals surface area (Å²) >= 11 is 0. The maximum atomic E-state index is 11.2. The van der Waals surface area contributed by atoms with Gasteiger partial charge in [0.05, 0.1) is 5.52 Å². The summed E-state index contributed by atoms with van der Waals surface area (Å²) in [6.07, 6.45) is 1.57. The highest BCUT2D eigenvalue weighted by Crippen LogP contribution is 2.06. The molecule has 0 saturated carbocycles. The second-order valence-electron chi connectivity index (χ2n) is 3.10. The first-order valence-electron chi connectivity index (χ1n) is 4.14. The first kappa shape index (κ1) is 7.98. The van der Waals surface area contributed by atoms with Crippen LogP contribution in [-0.2, 0) is 0 Å². The first-order valence-corrected chi connectivity index (χ1v) is 4.14. The molecular weight excluding hydrogens is 164 g/mol. The Kier molecular flexibility index (Phi) is 1.65. The lowest BCUT2D eigenvalue weighted by molar-refractivity contribution is 0.981. The fourth-order valence-electron chi connectivity index (χ4n) is 1.40. The van der Waals surface area contributed by atoms with Crippen LogP contribution in [0.4, 0.5) is 0 Å². The van der Waals surface area contributed by atoms with Crippen LogP contribution in [0.3, 0.4) is 0 Å². The Morgan fingerprint density at radius 3 is 2.85 bits per heavy atom. The van der Waals surface area contributed by atoms with Crippen molar-refractivity contribution in [3.8, 4) is 0 Å². The van der Waals surface area contributed by atoms with E-state index in [0.29, 0.717) is 5.56 Å². The molecule has 2 rings (SSSR count). The number of hydrogen-bond donors (Lipinski definition) is 0. The van der Waals surface area contributed by atoms with E-state index in [9.17, 15) is 4.79 Å². The van der Waals surface area contributed by atoms with Crippen molar-refractivity contribution in [3.63, 3.8) is 0 Å². The molecule has 0 amide bonds. The molecule has 0 aliphatic heterocycles. The van der Waals surface area contributed by atoms with E-state index in [4.69, 9.17) is 0 Å². The van der Waals surface area contributed by atoms with Gasteiger partial charge in [0, 0.05) is 11.3 Å². The Morgan fingerprint density at radius 2 is 2.08 bits per heavy atom. The van der Waals surface area contributed by atoms with Crippen molar-refractivity contribution in [2.45, 2.75) is 13.8 Å². The largest absolute Gasteiger partial charge is 0.305 e. The lowest BCUT2D eigenvalue weighted by Gasteiger charge is -2.05. The molecule has 0 spiro atoms. The summed E-state index contributed by atoms with van der Waals surface area (Å²) in [6.45, 7) is 3.78. The standard InChI is InChI=1S/C10H10N2O/c1-7-4-3-5-9-8(2)10(13)11-6-12(7)9/h3-6H,1-2H3. The molecule has 0 aliphatic carbocycles. The van der Waals surface area contributed by atoms with E-state index in [2.05, 4.69) is 4.98 Å². The molecule has 0 fully saturated rings. The molecule has 0 atom stereocenters. The Hall–Kier alpha value is -1.64. The van der Waals surface area contributed by atoms with Gasteiger partial charge in [-0.3, -0.25) is 4.79 Å². The molecule has 0 unspecified atom stereocenters. The predicted molar refractivity (Wildman–Crippen MR) is 50.9 cm³/mol. The highest BCUT2D eigenvalue weighted by molar-refractivity contribution is 5.53. The number of rotatable bonds is 0. The zero-order valence-corrected chi connectivity index (χ0v) is 7.61. The number of hydrogen-bond acceptors (Lipinski definition) is 2. The lowest BCUT2D eigenvalue weighted by Crippen LogP contribution is -2.12. The number of pyridine rings is 1. The van der Waals surface area contributed by atoms with Gasteiger partial charge in [-0.25, -0.2) is 0 Å². The molecule has 66 valence electrons. The minimum absolute atomic E-state index is 0.148. The van der Waals surface area contributed by atoms with Crippen molar-refractivity contribution in [1.29, 1.82) is 0 Å². The van der Waals surface area contributed by atoms with E-state index in [1.54, 1.807) is 13.3 Å². The third-order valence-electron chi connectivity index (χ3n) is 2.23. The molecule has 13 heavy (non-hydrogen) atoms. The predicted octanol–water partition coefficient (Wildman–Crippen LogP) is 1.31. The summed E-state index contributed by atoms with van der Waals surface area (Å²) < 4.78 is 1.91. The Bertz CT molecular complexity index is 514. The molecule has 0 N–H and O–H groups in total. The SMILES string of the molecule is Cc1c(=O)ncn2c(C)cccc12. The number of aromatic nitrogens is 2. The van der Waals surface area contributed by atoms with Crippen LogP contribution in [0.5, 0.6) is 0 Å². The molecule has 2 aromatic heterocycles. The van der Waals surface area contributed by atoms with Crippen LogP contribution in [0.15, 0.2) is 29.3 Å². The van der Waals surface area contributed by atoms with Gasteiger partial charge >= 0.3 is 0 Å². The van der Waals surface area contributed by atoms with Gasteiger partial charge in [-0.05, 0) is 26.0 Å². The minimum Gasteiger partial charge on any atom is -0.305 e. The van der Waals surface area contributed by atoms with Crippen LogP contribution in [0.2, 0.25) is 0 Å². The van der Waals surface area contributed by atoms with Crippen LogP contribution >= 0.6 is 0 Å². The van der Waals surface area contributed by atoms with Crippen molar-refractivity contribution in [1.82, 2.24) is 9.38 Å². The molecule has 0 aromatic carbocycles. The van der Waals surface area contributed by atoms with Gasteiger partial charge in [0.2, 0.25) is 0 Å². The van der Waals surface area contributed by atoms with E-state index < -0.39 is 0 Å². The molecule has 0 saturated heterocycles. The van der Waals surface area contributed by atoms with Crippen molar-refractivity contribution in [2.75, 3.05) is 0 Å². The molecule has 3 heteroatoms. The lowest BCUT2D eigenvalue weighted by atomic mass is 10.2. The van der Waals surface area contributed by atoms with E-state index in [1.807, 2.05) is 29.5 Å². The monoisotopic (exact) mass is 174 g/mol. The summed E-state index contributed by atoms with van der Waals surface area (Å²) in [5.41, 5.74) is 2.56. The Labute approximate surface area is 75.7 Å². The molecule has 3 nitrogen and oxygen atoms in total. The number of aryl methyl sites for hydroxylation is 2. The van der Waals surface area contributed by atoms with Crippen LogP contribution in [0.1, 0.15) is 11.3 Å². The maximum Gasteiger partial charge on any atom is 0.276 e. The highest BCUT2D eigenvalue weighted by atomic mass is 16.1. The fourth-order valence-corrected chi connectivity index (χ4v) is 1.40. The minimum atomic E-state index is -0.148. The normalized spacial score (nSPS) is 10.6. The average molecular weight is 174 g/mol. The second kappa shape index (κ2) is 2.69. The van der Waals surface area contributed by atoms with Gasteiger partial charge in [0.25, 0.3) is 5.56 Å². The van der Waals surface area contributed by atoms with Gasteiger partial charge in [0.15, 0.2) is 0 Å². The van der Waals surface area contributed by atoms with Crippen LogP contribution in [0.25, 0.3) is 5.52 Å². The Balaban J connectivity index is 3.03. The third kappa shape index (κ3) is 1.13. The van der Waals surface area contributed by atoms with Crippen molar-refractivity contribution >= 4 is 5.52 Å². The van der Waals surface area contributed by atoms with Crippen LogP contribution < -0.4 is 5.56 Å². The molecule has 0 bridgehead atoms. The Morgan fingerprint density at radius 1 is 1.31 bits per heavy atom. The van der Waals surface area contributed by atoms with Gasteiger partial charge in [-0.15, -0.1) is 0 Å². The number of fused-ring (bicyclic) bond motifs is 1. The summed E-state index contributed by atoms with van der Waals surface area (Å²) in [4.78, 5) is 15.0. The highest BCUT2D eigenvalue weighted by Gasteiger charge is 2.01. The summed E-state index contributed by atoms with van der Waals surface area (Å²) in [5, 5.41) is 0. The van der Waals surface area contributed by atoms with E-state index >= 15 is 0 Å². The smallest absolute Gasteiger partial charge is 0.276 e. The first-order chi connectivity index (χ1) is 6.20. The van der Waals surface area contributed by atoms with Crippen molar-refractivity contribution < 1.29 is 0 Å². The van der Waals surface area contributed by atoms with Crippen molar-refractivity contribution in [2.24, 2.45) is 0 Å². The molecule has 2 aromatic rings. The summed E-state index contributed by atoms with van der Waals surface area (Å²) in [7, 11) is 0. The van der Waals surface area contributed by atoms with Crippen LogP contribution in [-0.4, -0.2) is 9.38 Å². The third-order valence-corrected chi connectivity index (χ3v) is 2.23. The summed E-state index contributed by atoms with van der Waals surface area (Å²) in [5.74, 6) is 0. The van der Waals surface area contributed by atoms with Gasteiger partial charge in [-0.1, -0.05) is 6.07 Å². The quantitative estimate of drug-likeness (QED) is 0.603. The zero-order chi connectivity index (χ0) is 9.42.